The van der Waals surface area contributed by atoms with Gasteiger partial charge in [-0.15, -0.1) is 0 Å². The third-order valence-corrected chi connectivity index (χ3v) is 1.28. The van der Waals surface area contributed by atoms with Crippen molar-refractivity contribution in [3.63, 3.8) is 0 Å². The molecule has 0 spiro atoms. The van der Waals surface area contributed by atoms with Crippen LogP contribution in [-0.4, -0.2) is 32.3 Å². The van der Waals surface area contributed by atoms with Gasteiger partial charge in [-0.2, -0.15) is 0 Å². The van der Waals surface area contributed by atoms with Crippen LogP contribution in [0.5, 0.6) is 0 Å². The number of nitrogens with one attached hydrogen (secondary N) is 1. The molecular formula is C8H20N2O. The summed E-state index contributed by atoms with van der Waals surface area (Å²) in [6, 6.07) is 0.574. The van der Waals surface area contributed by atoms with Crippen LogP contribution in [0.4, 0.5) is 0 Å². The van der Waals surface area contributed by atoms with Gasteiger partial charge in [-0.25, -0.2) is 0 Å². The van der Waals surface area contributed by atoms with E-state index in [4.69, 9.17) is 10.5 Å². The third kappa shape index (κ3) is 9.88. The molecule has 0 saturated heterocycles. The van der Waals surface area contributed by atoms with Gasteiger partial charge in [0.05, 0.1) is 6.61 Å². The van der Waals surface area contributed by atoms with Gasteiger partial charge in [0.25, 0.3) is 0 Å². The molecule has 0 rings (SSSR count). The van der Waals surface area contributed by atoms with Gasteiger partial charge in [-0.05, 0) is 13.0 Å². The molecule has 11 heavy (non-hydrogen) atoms. The number of hydrogen-bond acceptors (Lipinski definition) is 3. The highest BCUT2D eigenvalue weighted by molar-refractivity contribution is 4.51. The maximum Gasteiger partial charge on any atom is 0.0588 e. The highest BCUT2D eigenvalue weighted by atomic mass is 16.5. The van der Waals surface area contributed by atoms with E-state index in [1.807, 2.05) is 0 Å². The zero-order valence-corrected chi connectivity index (χ0v) is 7.60. The Morgan fingerprint density at radius 3 is 2.64 bits per heavy atom. The van der Waals surface area contributed by atoms with Gasteiger partial charge in [-0.3, -0.25) is 0 Å². The number of ether oxygens (including phenoxy) is 1. The zero-order chi connectivity index (χ0) is 8.53. The SMILES string of the molecule is CC(C)NCCCOCCN. The predicted octanol–water partition coefficient (Wildman–Crippen LogP) is 0.350. The average Bonchev–Trinajstić information content (AvgIpc) is 1.96. The van der Waals surface area contributed by atoms with Crippen molar-refractivity contribution in [2.24, 2.45) is 5.73 Å². The number of nitrogens with two attached hydrogens (primary N) is 1. The van der Waals surface area contributed by atoms with Crippen LogP contribution in [-0.2, 0) is 4.74 Å². The lowest BCUT2D eigenvalue weighted by Gasteiger charge is -2.07. The fourth-order valence-electron chi connectivity index (χ4n) is 0.750. The first-order chi connectivity index (χ1) is 5.27. The van der Waals surface area contributed by atoms with Crippen LogP contribution in [0.15, 0.2) is 0 Å². The minimum absolute atomic E-state index is 0.574. The Hall–Kier alpha value is -0.120. The Kier molecular flexibility index (Phi) is 7.89. The molecule has 0 bridgehead atoms. The molecule has 0 aliphatic rings. The normalized spacial score (nSPS) is 10.9. The molecule has 0 unspecified atom stereocenters. The molecule has 3 N–H and O–H groups in total. The molecule has 0 aliphatic heterocycles. The molecule has 0 amide bonds. The molecule has 0 fully saturated rings. The van der Waals surface area contributed by atoms with Crippen LogP contribution >= 0.6 is 0 Å². The van der Waals surface area contributed by atoms with Gasteiger partial charge in [0.2, 0.25) is 0 Å². The largest absolute Gasteiger partial charge is 0.380 e. The van der Waals surface area contributed by atoms with E-state index in [-0.39, 0.29) is 0 Å². The van der Waals surface area contributed by atoms with E-state index in [0.717, 1.165) is 19.6 Å². The zero-order valence-electron chi connectivity index (χ0n) is 7.60. The van der Waals surface area contributed by atoms with Crippen molar-refractivity contribution in [3.05, 3.63) is 0 Å². The summed E-state index contributed by atoms with van der Waals surface area (Å²) in [6.45, 7) is 7.43. The summed E-state index contributed by atoms with van der Waals surface area (Å²) in [7, 11) is 0. The molecule has 0 radical (unpaired) electrons. The van der Waals surface area contributed by atoms with Crippen LogP contribution in [0, 0.1) is 0 Å². The van der Waals surface area contributed by atoms with Crippen LogP contribution in [0.3, 0.4) is 0 Å². The molecular weight excluding hydrogens is 140 g/mol. The second-order valence-electron chi connectivity index (χ2n) is 2.86. The van der Waals surface area contributed by atoms with E-state index in [9.17, 15) is 0 Å². The van der Waals surface area contributed by atoms with Gasteiger partial charge in [0.1, 0.15) is 0 Å². The quantitative estimate of drug-likeness (QED) is 0.528. The predicted molar refractivity (Wildman–Crippen MR) is 47.6 cm³/mol. The molecule has 0 aliphatic carbocycles. The van der Waals surface area contributed by atoms with Gasteiger partial charge < -0.3 is 15.8 Å². The monoisotopic (exact) mass is 160 g/mol. The summed E-state index contributed by atoms with van der Waals surface area (Å²) < 4.78 is 5.20. The Labute approximate surface area is 69.3 Å². The first kappa shape index (κ1) is 10.9. The maximum absolute atomic E-state index is 5.25. The molecule has 0 saturated carbocycles. The van der Waals surface area contributed by atoms with Crippen LogP contribution in [0.1, 0.15) is 20.3 Å². The molecule has 3 heteroatoms. The Morgan fingerprint density at radius 1 is 1.36 bits per heavy atom. The lowest BCUT2D eigenvalue weighted by atomic mass is 10.3. The summed E-state index contributed by atoms with van der Waals surface area (Å²) in [6.07, 6.45) is 1.07. The summed E-state index contributed by atoms with van der Waals surface area (Å²) >= 11 is 0. The summed E-state index contributed by atoms with van der Waals surface area (Å²) in [5, 5.41) is 3.31. The van der Waals surface area contributed by atoms with Crippen molar-refractivity contribution in [2.75, 3.05) is 26.3 Å². The molecule has 0 aromatic carbocycles. The van der Waals surface area contributed by atoms with Gasteiger partial charge in [0.15, 0.2) is 0 Å². The lowest BCUT2D eigenvalue weighted by Crippen LogP contribution is -2.24. The second kappa shape index (κ2) is 7.98. The van der Waals surface area contributed by atoms with Gasteiger partial charge in [-0.1, -0.05) is 13.8 Å². The Morgan fingerprint density at radius 2 is 2.09 bits per heavy atom. The molecule has 0 aromatic rings. The fraction of sp³-hybridized carbons (Fsp3) is 1.00. The van der Waals surface area contributed by atoms with E-state index in [2.05, 4.69) is 19.2 Å². The molecule has 0 atom stereocenters. The Bertz CT molecular complexity index is 76.5. The van der Waals surface area contributed by atoms with Crippen molar-refractivity contribution in [3.8, 4) is 0 Å². The minimum atomic E-state index is 0.574. The van der Waals surface area contributed by atoms with Crippen molar-refractivity contribution < 1.29 is 4.74 Å². The van der Waals surface area contributed by atoms with Crippen molar-refractivity contribution in [2.45, 2.75) is 26.3 Å². The van der Waals surface area contributed by atoms with Crippen molar-refractivity contribution in [1.82, 2.24) is 5.32 Å². The topological polar surface area (TPSA) is 47.3 Å². The van der Waals surface area contributed by atoms with Crippen LogP contribution in [0.25, 0.3) is 0 Å². The number of hydrogen-bond donors (Lipinski definition) is 2. The van der Waals surface area contributed by atoms with Gasteiger partial charge >= 0.3 is 0 Å². The van der Waals surface area contributed by atoms with Crippen molar-refractivity contribution in [1.29, 1.82) is 0 Å². The van der Waals surface area contributed by atoms with Crippen molar-refractivity contribution >= 4 is 0 Å². The highest BCUT2D eigenvalue weighted by Gasteiger charge is 1.91. The smallest absolute Gasteiger partial charge is 0.0588 e. The van der Waals surface area contributed by atoms with Crippen LogP contribution < -0.4 is 11.1 Å². The van der Waals surface area contributed by atoms with E-state index >= 15 is 0 Å². The highest BCUT2D eigenvalue weighted by Crippen LogP contribution is 1.82. The molecule has 3 nitrogen and oxygen atoms in total. The maximum atomic E-state index is 5.25. The van der Waals surface area contributed by atoms with Gasteiger partial charge in [0, 0.05) is 19.2 Å². The molecule has 68 valence electrons. The van der Waals surface area contributed by atoms with E-state index in [1.54, 1.807) is 0 Å². The Balaban J connectivity index is 2.80. The first-order valence-corrected chi connectivity index (χ1v) is 4.28. The molecule has 0 heterocycles. The molecule has 0 aromatic heterocycles. The second-order valence-corrected chi connectivity index (χ2v) is 2.86. The minimum Gasteiger partial charge on any atom is -0.380 e. The lowest BCUT2D eigenvalue weighted by molar-refractivity contribution is 0.138. The summed E-state index contributed by atoms with van der Waals surface area (Å²) in [5.74, 6) is 0. The third-order valence-electron chi connectivity index (χ3n) is 1.28. The average molecular weight is 160 g/mol. The fourth-order valence-corrected chi connectivity index (χ4v) is 0.750. The number of rotatable bonds is 7. The van der Waals surface area contributed by atoms with Crippen LogP contribution in [0.2, 0.25) is 0 Å². The summed E-state index contributed by atoms with van der Waals surface area (Å²) in [5.41, 5.74) is 5.25. The van der Waals surface area contributed by atoms with E-state index < -0.39 is 0 Å². The van der Waals surface area contributed by atoms with E-state index in [0.29, 0.717) is 19.2 Å². The summed E-state index contributed by atoms with van der Waals surface area (Å²) in [4.78, 5) is 0. The van der Waals surface area contributed by atoms with E-state index in [1.165, 1.54) is 0 Å². The standard InChI is InChI=1S/C8H20N2O/c1-8(2)10-5-3-6-11-7-4-9/h8,10H,3-7,9H2,1-2H3. The first-order valence-electron chi connectivity index (χ1n) is 4.28.